The van der Waals surface area contributed by atoms with Crippen molar-refractivity contribution >= 4 is 11.9 Å². The van der Waals surface area contributed by atoms with Crippen LogP contribution < -0.4 is 5.32 Å². The van der Waals surface area contributed by atoms with Crippen molar-refractivity contribution in [1.82, 2.24) is 10.2 Å². The molecule has 20 heavy (non-hydrogen) atoms. The molecule has 1 atom stereocenters. The third kappa shape index (κ3) is 3.49. The van der Waals surface area contributed by atoms with Crippen molar-refractivity contribution in [3.05, 3.63) is 0 Å². The minimum absolute atomic E-state index is 0.0912. The highest BCUT2D eigenvalue weighted by Gasteiger charge is 2.41. The average molecular weight is 284 g/mol. The summed E-state index contributed by atoms with van der Waals surface area (Å²) in [4.78, 5) is 25.3. The molecule has 0 bridgehead atoms. The number of carboxylic acid groups (broad SMARTS) is 1. The molecule has 0 aromatic carbocycles. The number of nitrogens with one attached hydrogen (secondary N) is 1. The predicted molar refractivity (Wildman–Crippen MR) is 73.4 cm³/mol. The number of aliphatic carboxylic acids is 1. The van der Waals surface area contributed by atoms with Crippen LogP contribution in [-0.2, 0) is 14.3 Å². The number of ether oxygens (including phenoxy) is 1. The van der Waals surface area contributed by atoms with Gasteiger partial charge in [-0.3, -0.25) is 14.5 Å². The maximum Gasteiger partial charge on any atom is 0.325 e. The fourth-order valence-electron chi connectivity index (χ4n) is 3.33. The molecule has 1 saturated heterocycles. The molecule has 1 aliphatic heterocycles. The minimum atomic E-state index is -0.995. The third-order valence-corrected chi connectivity index (χ3v) is 4.45. The summed E-state index contributed by atoms with van der Waals surface area (Å²) in [6.45, 7) is 4.66. The minimum Gasteiger partial charge on any atom is -0.480 e. The molecular weight excluding hydrogens is 260 g/mol. The largest absolute Gasteiger partial charge is 0.480 e. The fourth-order valence-corrected chi connectivity index (χ4v) is 3.33. The van der Waals surface area contributed by atoms with Crippen LogP contribution in [0.15, 0.2) is 0 Å². The Bertz CT molecular complexity index is 360. The van der Waals surface area contributed by atoms with Crippen molar-refractivity contribution in [2.45, 2.75) is 50.6 Å². The van der Waals surface area contributed by atoms with E-state index in [4.69, 9.17) is 9.84 Å². The van der Waals surface area contributed by atoms with Gasteiger partial charge in [0, 0.05) is 25.0 Å². The van der Waals surface area contributed by atoms with E-state index in [0.29, 0.717) is 6.42 Å². The molecule has 1 aliphatic carbocycles. The maximum atomic E-state index is 12.1. The molecule has 0 radical (unpaired) electrons. The van der Waals surface area contributed by atoms with Crippen molar-refractivity contribution in [1.29, 1.82) is 0 Å². The van der Waals surface area contributed by atoms with E-state index in [-0.39, 0.29) is 11.4 Å². The Labute approximate surface area is 119 Å². The SMILES string of the molecule is C[C@@H](NC(=O)CC1(N2CCOCC2)CCCC1)C(=O)O. The highest BCUT2D eigenvalue weighted by molar-refractivity contribution is 5.83. The zero-order chi connectivity index (χ0) is 14.6. The lowest BCUT2D eigenvalue weighted by molar-refractivity contribution is -0.141. The molecule has 2 N–H and O–H groups in total. The molecule has 6 nitrogen and oxygen atoms in total. The number of carboxylic acids is 1. The second-order valence-corrected chi connectivity index (χ2v) is 5.84. The molecule has 114 valence electrons. The van der Waals surface area contributed by atoms with Crippen molar-refractivity contribution in [2.75, 3.05) is 26.3 Å². The Kier molecular flexibility index (Phi) is 4.99. The van der Waals surface area contributed by atoms with Crippen LogP contribution in [0.2, 0.25) is 0 Å². The number of morpholine rings is 1. The van der Waals surface area contributed by atoms with Crippen LogP contribution >= 0.6 is 0 Å². The van der Waals surface area contributed by atoms with E-state index < -0.39 is 12.0 Å². The Morgan fingerprint density at radius 2 is 1.90 bits per heavy atom. The lowest BCUT2D eigenvalue weighted by Gasteiger charge is -2.43. The summed E-state index contributed by atoms with van der Waals surface area (Å²) in [5.74, 6) is -1.15. The topological polar surface area (TPSA) is 78.9 Å². The first-order valence-electron chi connectivity index (χ1n) is 7.38. The molecule has 0 spiro atoms. The Hall–Kier alpha value is -1.14. The maximum absolute atomic E-state index is 12.1. The number of hydrogen-bond donors (Lipinski definition) is 2. The van der Waals surface area contributed by atoms with Crippen LogP contribution in [0.4, 0.5) is 0 Å². The predicted octanol–water partition coefficient (Wildman–Crippen LogP) is 0.611. The van der Waals surface area contributed by atoms with E-state index in [1.165, 1.54) is 6.92 Å². The Balaban J connectivity index is 1.98. The Morgan fingerprint density at radius 1 is 1.30 bits per heavy atom. The number of carbonyl (C=O) groups is 2. The van der Waals surface area contributed by atoms with Crippen LogP contribution in [0.1, 0.15) is 39.0 Å². The van der Waals surface area contributed by atoms with E-state index >= 15 is 0 Å². The second kappa shape index (κ2) is 6.54. The first kappa shape index (κ1) is 15.3. The van der Waals surface area contributed by atoms with Gasteiger partial charge < -0.3 is 15.2 Å². The van der Waals surface area contributed by atoms with Gasteiger partial charge >= 0.3 is 5.97 Å². The molecule has 2 fully saturated rings. The quantitative estimate of drug-likeness (QED) is 0.773. The molecule has 0 aromatic rings. The number of rotatable bonds is 5. The van der Waals surface area contributed by atoms with Gasteiger partial charge in [0.1, 0.15) is 6.04 Å². The first-order valence-corrected chi connectivity index (χ1v) is 7.38. The van der Waals surface area contributed by atoms with Gasteiger partial charge in [-0.05, 0) is 19.8 Å². The van der Waals surface area contributed by atoms with Gasteiger partial charge in [-0.1, -0.05) is 12.8 Å². The summed E-state index contributed by atoms with van der Waals surface area (Å²) < 4.78 is 5.39. The fraction of sp³-hybridized carbons (Fsp3) is 0.857. The number of nitrogens with zero attached hydrogens (tertiary/aromatic N) is 1. The molecule has 1 amide bonds. The summed E-state index contributed by atoms with van der Waals surface area (Å²) in [6.07, 6.45) is 4.70. The smallest absolute Gasteiger partial charge is 0.325 e. The summed E-state index contributed by atoms with van der Waals surface area (Å²) >= 11 is 0. The number of carbonyl (C=O) groups excluding carboxylic acids is 1. The molecule has 1 saturated carbocycles. The van der Waals surface area contributed by atoms with E-state index in [9.17, 15) is 9.59 Å². The zero-order valence-electron chi connectivity index (χ0n) is 12.1. The summed E-state index contributed by atoms with van der Waals surface area (Å²) in [5, 5.41) is 11.4. The average Bonchev–Trinajstić information content (AvgIpc) is 2.89. The van der Waals surface area contributed by atoms with Crippen molar-refractivity contribution in [2.24, 2.45) is 0 Å². The second-order valence-electron chi connectivity index (χ2n) is 5.84. The van der Waals surface area contributed by atoms with Crippen LogP contribution in [0, 0.1) is 0 Å². The lowest BCUT2D eigenvalue weighted by atomic mass is 9.90. The molecule has 6 heteroatoms. The van der Waals surface area contributed by atoms with Gasteiger partial charge in [-0.2, -0.15) is 0 Å². The molecule has 2 aliphatic rings. The lowest BCUT2D eigenvalue weighted by Crippen LogP contribution is -2.54. The van der Waals surface area contributed by atoms with Crippen molar-refractivity contribution < 1.29 is 19.4 Å². The Morgan fingerprint density at radius 3 is 2.45 bits per heavy atom. The summed E-state index contributed by atoms with van der Waals surface area (Å²) in [6, 6.07) is -0.828. The van der Waals surface area contributed by atoms with E-state index in [1.807, 2.05) is 0 Å². The van der Waals surface area contributed by atoms with Gasteiger partial charge in [-0.25, -0.2) is 0 Å². The molecule has 0 aromatic heterocycles. The van der Waals surface area contributed by atoms with Crippen LogP contribution in [-0.4, -0.2) is 59.8 Å². The standard InChI is InChI=1S/C14H24N2O4/c1-11(13(18)19)15-12(17)10-14(4-2-3-5-14)16-6-8-20-9-7-16/h11H,2-10H2,1H3,(H,15,17)(H,18,19)/t11-/m1/s1. The first-order chi connectivity index (χ1) is 9.53. The zero-order valence-corrected chi connectivity index (χ0v) is 12.1. The van der Waals surface area contributed by atoms with Gasteiger partial charge in [0.25, 0.3) is 0 Å². The highest BCUT2D eigenvalue weighted by Crippen LogP contribution is 2.38. The van der Waals surface area contributed by atoms with E-state index in [2.05, 4.69) is 10.2 Å². The molecule has 0 unspecified atom stereocenters. The van der Waals surface area contributed by atoms with Gasteiger partial charge in [0.2, 0.25) is 5.91 Å². The van der Waals surface area contributed by atoms with Crippen LogP contribution in [0.5, 0.6) is 0 Å². The highest BCUT2D eigenvalue weighted by atomic mass is 16.5. The summed E-state index contributed by atoms with van der Waals surface area (Å²) in [5.41, 5.74) is -0.0912. The van der Waals surface area contributed by atoms with Gasteiger partial charge in [-0.15, -0.1) is 0 Å². The van der Waals surface area contributed by atoms with E-state index in [0.717, 1.165) is 52.0 Å². The normalized spacial score (nSPS) is 24.2. The van der Waals surface area contributed by atoms with Crippen molar-refractivity contribution in [3.8, 4) is 0 Å². The molecular formula is C14H24N2O4. The summed E-state index contributed by atoms with van der Waals surface area (Å²) in [7, 11) is 0. The number of hydrogen-bond acceptors (Lipinski definition) is 4. The van der Waals surface area contributed by atoms with Gasteiger partial charge in [0.15, 0.2) is 0 Å². The molecule has 2 rings (SSSR count). The van der Waals surface area contributed by atoms with Crippen molar-refractivity contribution in [3.63, 3.8) is 0 Å². The number of amides is 1. The third-order valence-electron chi connectivity index (χ3n) is 4.45. The van der Waals surface area contributed by atoms with Crippen LogP contribution in [0.3, 0.4) is 0 Å². The van der Waals surface area contributed by atoms with Gasteiger partial charge in [0.05, 0.1) is 13.2 Å². The monoisotopic (exact) mass is 284 g/mol. The van der Waals surface area contributed by atoms with Crippen LogP contribution in [0.25, 0.3) is 0 Å². The van der Waals surface area contributed by atoms with E-state index in [1.54, 1.807) is 0 Å². The molecule has 1 heterocycles.